The number of rotatable bonds is 9. The largest absolute Gasteiger partial charge is 0.352 e. The Labute approximate surface area is 161 Å². The third-order valence-electron chi connectivity index (χ3n) is 3.56. The van der Waals surface area contributed by atoms with Crippen LogP contribution in [0.4, 0.5) is 0 Å². The van der Waals surface area contributed by atoms with Gasteiger partial charge in [-0.15, -0.1) is 0 Å². The van der Waals surface area contributed by atoms with E-state index in [0.717, 1.165) is 11.1 Å². The van der Waals surface area contributed by atoms with Crippen LogP contribution in [0, 0.1) is 0 Å². The zero-order chi connectivity index (χ0) is 19.2. The van der Waals surface area contributed by atoms with E-state index in [1.165, 1.54) is 0 Å². The van der Waals surface area contributed by atoms with E-state index in [4.69, 9.17) is 20.6 Å². The van der Waals surface area contributed by atoms with Gasteiger partial charge in [-0.05, 0) is 51.0 Å². The van der Waals surface area contributed by atoms with Crippen molar-refractivity contribution in [2.45, 2.75) is 52.2 Å². The summed E-state index contributed by atoms with van der Waals surface area (Å²) in [5.74, 6) is -0.593. The molecule has 0 fully saturated rings. The molecule has 0 saturated carbocycles. The van der Waals surface area contributed by atoms with Gasteiger partial charge in [0.05, 0.1) is 12.2 Å². The Balaban J connectivity index is 2.35. The molecule has 6 heteroatoms. The second-order valence-electron chi connectivity index (χ2n) is 6.67. The monoisotopic (exact) mass is 395 g/mol. The molecule has 0 radical (unpaired) electrons. The number of nitrogens with one attached hydrogen (secondary N) is 1. The predicted octanol–water partition coefficient (Wildman–Crippen LogP) is 6.17. The number of halogens is 1. The Bertz CT molecular complexity index is 706. The van der Waals surface area contributed by atoms with Gasteiger partial charge >= 0.3 is 7.60 Å². The van der Waals surface area contributed by atoms with Crippen LogP contribution in [0.25, 0.3) is 0 Å². The van der Waals surface area contributed by atoms with Gasteiger partial charge in [-0.3, -0.25) is 9.88 Å². The van der Waals surface area contributed by atoms with Crippen LogP contribution in [0.15, 0.2) is 54.6 Å². The molecule has 1 atom stereocenters. The average molecular weight is 396 g/mol. The van der Waals surface area contributed by atoms with Crippen LogP contribution in [0.3, 0.4) is 0 Å². The molecule has 2 aromatic rings. The summed E-state index contributed by atoms with van der Waals surface area (Å²) in [5, 5.41) is 3.99. The fourth-order valence-electron chi connectivity index (χ4n) is 2.60. The number of hydrogen-bond acceptors (Lipinski definition) is 4. The minimum atomic E-state index is -3.47. The first kappa shape index (κ1) is 21.1. The lowest BCUT2D eigenvalue weighted by Crippen LogP contribution is -2.25. The van der Waals surface area contributed by atoms with Crippen molar-refractivity contribution in [2.75, 3.05) is 0 Å². The molecule has 142 valence electrons. The van der Waals surface area contributed by atoms with Crippen LogP contribution in [-0.4, -0.2) is 12.2 Å². The fraction of sp³-hybridized carbons (Fsp3) is 0.400. The normalized spacial score (nSPS) is 13.3. The van der Waals surface area contributed by atoms with E-state index in [-0.39, 0.29) is 12.2 Å². The molecule has 2 rings (SSSR count). The zero-order valence-electron chi connectivity index (χ0n) is 15.7. The van der Waals surface area contributed by atoms with Gasteiger partial charge in [0.1, 0.15) is 5.78 Å². The Kier molecular flexibility index (Phi) is 7.87. The maximum absolute atomic E-state index is 13.7. The molecule has 0 spiro atoms. The van der Waals surface area contributed by atoms with Gasteiger partial charge in [0.2, 0.25) is 0 Å². The van der Waals surface area contributed by atoms with Crippen molar-refractivity contribution in [3.63, 3.8) is 0 Å². The maximum Gasteiger partial charge on any atom is 0.352 e. The molecule has 0 aromatic heterocycles. The first-order chi connectivity index (χ1) is 12.3. The molecule has 0 saturated heterocycles. The topological polar surface area (TPSA) is 47.6 Å². The van der Waals surface area contributed by atoms with Crippen molar-refractivity contribution in [3.8, 4) is 0 Å². The second-order valence-corrected chi connectivity index (χ2v) is 9.12. The third-order valence-corrected chi connectivity index (χ3v) is 6.36. The molecule has 2 aromatic carbocycles. The summed E-state index contributed by atoms with van der Waals surface area (Å²) in [7, 11) is -3.47. The quantitative estimate of drug-likeness (QED) is 0.515. The summed E-state index contributed by atoms with van der Waals surface area (Å²) in [5.41, 5.74) is 1.90. The van der Waals surface area contributed by atoms with E-state index in [1.807, 2.05) is 70.2 Å². The molecule has 4 nitrogen and oxygen atoms in total. The van der Waals surface area contributed by atoms with Crippen molar-refractivity contribution in [1.29, 1.82) is 0 Å². The molecule has 26 heavy (non-hydrogen) atoms. The van der Waals surface area contributed by atoms with E-state index in [1.54, 1.807) is 12.1 Å². The minimum absolute atomic E-state index is 0.229. The fourth-order valence-corrected chi connectivity index (χ4v) is 5.05. The molecule has 0 amide bonds. The summed E-state index contributed by atoms with van der Waals surface area (Å²) < 4.78 is 25.3. The highest BCUT2D eigenvalue weighted by atomic mass is 35.5. The van der Waals surface area contributed by atoms with Crippen molar-refractivity contribution in [3.05, 3.63) is 70.7 Å². The van der Waals surface area contributed by atoms with Crippen LogP contribution in [0.2, 0.25) is 5.02 Å². The van der Waals surface area contributed by atoms with Crippen LogP contribution < -0.4 is 5.32 Å². The third kappa shape index (κ3) is 6.22. The predicted molar refractivity (Wildman–Crippen MR) is 108 cm³/mol. The molecule has 0 aliphatic heterocycles. The SMILES string of the molecule is CC(C)OP(=O)(OC(C)C)C(NCc1ccccc1)c1ccc(Cl)cc1. The number of benzene rings is 2. The standard InChI is InChI=1S/C20H27ClNO3P/c1-15(2)24-26(23,25-16(3)4)20(18-10-12-19(21)13-11-18)22-14-17-8-6-5-7-9-17/h5-13,15-16,20,22H,14H2,1-4H3. The maximum atomic E-state index is 13.7. The van der Waals surface area contributed by atoms with Gasteiger partial charge < -0.3 is 9.05 Å². The van der Waals surface area contributed by atoms with E-state index in [9.17, 15) is 4.57 Å². The van der Waals surface area contributed by atoms with Crippen LogP contribution in [-0.2, 0) is 20.2 Å². The summed E-state index contributed by atoms with van der Waals surface area (Å²) >= 11 is 6.02. The molecule has 1 unspecified atom stereocenters. The average Bonchev–Trinajstić information content (AvgIpc) is 2.56. The van der Waals surface area contributed by atoms with E-state index in [0.29, 0.717) is 11.6 Å². The first-order valence-electron chi connectivity index (χ1n) is 8.79. The van der Waals surface area contributed by atoms with Crippen molar-refractivity contribution < 1.29 is 13.6 Å². The molecule has 0 aliphatic rings. The smallest absolute Gasteiger partial charge is 0.304 e. The van der Waals surface area contributed by atoms with E-state index >= 15 is 0 Å². The molecular weight excluding hydrogens is 369 g/mol. The van der Waals surface area contributed by atoms with E-state index in [2.05, 4.69) is 5.32 Å². The Morgan fingerprint density at radius 2 is 1.46 bits per heavy atom. The van der Waals surface area contributed by atoms with Crippen LogP contribution in [0.1, 0.15) is 44.6 Å². The highest BCUT2D eigenvalue weighted by Crippen LogP contribution is 2.61. The Morgan fingerprint density at radius 3 is 1.96 bits per heavy atom. The van der Waals surface area contributed by atoms with Gasteiger partial charge in [0.15, 0.2) is 0 Å². The lowest BCUT2D eigenvalue weighted by molar-refractivity contribution is 0.133. The zero-order valence-corrected chi connectivity index (χ0v) is 17.3. The van der Waals surface area contributed by atoms with Gasteiger partial charge in [0.25, 0.3) is 0 Å². The lowest BCUT2D eigenvalue weighted by Gasteiger charge is -2.31. The van der Waals surface area contributed by atoms with Crippen LogP contribution >= 0.6 is 19.2 Å². The van der Waals surface area contributed by atoms with Crippen molar-refractivity contribution >= 4 is 19.2 Å². The molecule has 0 heterocycles. The summed E-state index contributed by atoms with van der Waals surface area (Å²) in [6.07, 6.45) is -0.458. The second kappa shape index (κ2) is 9.68. The van der Waals surface area contributed by atoms with Gasteiger partial charge in [-0.2, -0.15) is 0 Å². The molecule has 0 bridgehead atoms. The van der Waals surface area contributed by atoms with Crippen molar-refractivity contribution in [2.24, 2.45) is 0 Å². The summed E-state index contributed by atoms with van der Waals surface area (Å²) in [6.45, 7) is 7.96. The summed E-state index contributed by atoms with van der Waals surface area (Å²) in [4.78, 5) is 0. The van der Waals surface area contributed by atoms with Gasteiger partial charge in [0, 0.05) is 11.6 Å². The highest BCUT2D eigenvalue weighted by Gasteiger charge is 2.39. The van der Waals surface area contributed by atoms with Gasteiger partial charge in [-0.25, -0.2) is 0 Å². The molecule has 0 aliphatic carbocycles. The van der Waals surface area contributed by atoms with Gasteiger partial charge in [-0.1, -0.05) is 54.1 Å². The van der Waals surface area contributed by atoms with E-state index < -0.39 is 13.4 Å². The number of hydrogen-bond donors (Lipinski definition) is 1. The minimum Gasteiger partial charge on any atom is -0.304 e. The Hall–Kier alpha value is -1.16. The Morgan fingerprint density at radius 1 is 0.923 bits per heavy atom. The van der Waals surface area contributed by atoms with Crippen LogP contribution in [0.5, 0.6) is 0 Å². The molecule has 1 N–H and O–H groups in total. The summed E-state index contributed by atoms with van der Waals surface area (Å²) in [6, 6.07) is 17.2. The highest BCUT2D eigenvalue weighted by molar-refractivity contribution is 7.54. The van der Waals surface area contributed by atoms with Crippen molar-refractivity contribution in [1.82, 2.24) is 5.32 Å². The first-order valence-corrected chi connectivity index (χ1v) is 10.8. The lowest BCUT2D eigenvalue weighted by atomic mass is 10.2. The molecular formula is C20H27ClNO3P.